The smallest absolute Gasteiger partial charge is 0.126 e. The molecule has 0 aliphatic heterocycles. The van der Waals surface area contributed by atoms with Gasteiger partial charge in [-0.25, -0.2) is 8.78 Å². The van der Waals surface area contributed by atoms with E-state index in [4.69, 9.17) is 0 Å². The molecule has 3 heteroatoms. The maximum absolute atomic E-state index is 13.4. The molecule has 0 N–H and O–H groups in total. The van der Waals surface area contributed by atoms with E-state index in [0.29, 0.717) is 5.56 Å². The lowest BCUT2D eigenvalue weighted by molar-refractivity contribution is 0.617. The molecule has 0 amide bonds. The minimum atomic E-state index is -0.256. The van der Waals surface area contributed by atoms with E-state index in [1.807, 2.05) is 13.0 Å². The zero-order valence-corrected chi connectivity index (χ0v) is 11.8. The first-order valence-corrected chi connectivity index (χ1v) is 6.56. The molecule has 0 aliphatic rings. The lowest BCUT2D eigenvalue weighted by Gasteiger charge is -2.13. The second kappa shape index (κ2) is 5.19. The summed E-state index contributed by atoms with van der Waals surface area (Å²) in [6.45, 7) is 3.57. The zero-order chi connectivity index (χ0) is 13.3. The van der Waals surface area contributed by atoms with Gasteiger partial charge < -0.3 is 0 Å². The molecule has 0 heterocycles. The highest BCUT2D eigenvalue weighted by molar-refractivity contribution is 9.09. The van der Waals surface area contributed by atoms with Crippen LogP contribution in [-0.4, -0.2) is 0 Å². The molecule has 1 atom stereocenters. The summed E-state index contributed by atoms with van der Waals surface area (Å²) >= 11 is 3.53. The summed E-state index contributed by atoms with van der Waals surface area (Å²) in [5.74, 6) is -0.484. The summed E-state index contributed by atoms with van der Waals surface area (Å²) in [7, 11) is 0. The molecule has 0 saturated heterocycles. The molecule has 0 aliphatic carbocycles. The predicted molar refractivity (Wildman–Crippen MR) is 73.0 cm³/mol. The molecular formula is C15H13BrF2. The molecule has 1 unspecified atom stereocenters. The maximum atomic E-state index is 13.4. The number of aryl methyl sites for hydroxylation is 2. The molecular weight excluding hydrogens is 298 g/mol. The number of alkyl halides is 1. The Bertz CT molecular complexity index is 558. The molecule has 0 aromatic heterocycles. The van der Waals surface area contributed by atoms with Crippen LogP contribution in [0.15, 0.2) is 36.4 Å². The highest BCUT2D eigenvalue weighted by Gasteiger charge is 2.13. The lowest BCUT2D eigenvalue weighted by atomic mass is 10.0. The minimum absolute atomic E-state index is 0.133. The summed E-state index contributed by atoms with van der Waals surface area (Å²) < 4.78 is 26.6. The molecule has 94 valence electrons. The first kappa shape index (κ1) is 13.2. The zero-order valence-electron chi connectivity index (χ0n) is 10.2. The third kappa shape index (κ3) is 2.78. The van der Waals surface area contributed by atoms with Crippen LogP contribution in [0.5, 0.6) is 0 Å². The van der Waals surface area contributed by atoms with Gasteiger partial charge in [-0.05, 0) is 54.3 Å². The summed E-state index contributed by atoms with van der Waals surface area (Å²) in [4.78, 5) is -0.133. The van der Waals surface area contributed by atoms with Gasteiger partial charge in [-0.15, -0.1) is 0 Å². The fourth-order valence-corrected chi connectivity index (χ4v) is 2.48. The second-order valence-electron chi connectivity index (χ2n) is 4.43. The van der Waals surface area contributed by atoms with Crippen molar-refractivity contribution in [3.8, 4) is 0 Å². The predicted octanol–water partition coefficient (Wildman–Crippen LogP) is 5.07. The average molecular weight is 311 g/mol. The normalized spacial score (nSPS) is 12.5. The van der Waals surface area contributed by atoms with Crippen molar-refractivity contribution in [3.05, 3.63) is 70.3 Å². The van der Waals surface area contributed by atoms with E-state index in [9.17, 15) is 8.78 Å². The Morgan fingerprint density at radius 2 is 1.67 bits per heavy atom. The third-order valence-electron chi connectivity index (χ3n) is 2.83. The minimum Gasteiger partial charge on any atom is -0.207 e. The van der Waals surface area contributed by atoms with Crippen LogP contribution >= 0.6 is 15.9 Å². The van der Waals surface area contributed by atoms with Crippen molar-refractivity contribution < 1.29 is 8.78 Å². The average Bonchev–Trinajstić information content (AvgIpc) is 2.30. The number of halogens is 3. The van der Waals surface area contributed by atoms with Gasteiger partial charge in [0, 0.05) is 0 Å². The van der Waals surface area contributed by atoms with Crippen molar-refractivity contribution in [2.75, 3.05) is 0 Å². The van der Waals surface area contributed by atoms with Crippen molar-refractivity contribution in [3.63, 3.8) is 0 Å². The summed E-state index contributed by atoms with van der Waals surface area (Å²) in [6, 6.07) is 9.81. The molecule has 0 spiro atoms. The lowest BCUT2D eigenvalue weighted by Crippen LogP contribution is -1.96. The molecule has 0 bridgehead atoms. The van der Waals surface area contributed by atoms with Crippen molar-refractivity contribution in [2.24, 2.45) is 0 Å². The molecule has 2 aromatic carbocycles. The SMILES string of the molecule is Cc1cc(F)cc(C(Br)c2ccc(F)c(C)c2)c1. The molecule has 0 nitrogen and oxygen atoms in total. The van der Waals surface area contributed by atoms with E-state index in [1.54, 1.807) is 19.1 Å². The van der Waals surface area contributed by atoms with E-state index in [2.05, 4.69) is 15.9 Å². The summed E-state index contributed by atoms with van der Waals surface area (Å²) in [5.41, 5.74) is 3.20. The third-order valence-corrected chi connectivity index (χ3v) is 3.89. The Morgan fingerprint density at radius 1 is 0.944 bits per heavy atom. The molecule has 0 radical (unpaired) electrons. The van der Waals surface area contributed by atoms with Crippen LogP contribution in [0.3, 0.4) is 0 Å². The number of hydrogen-bond donors (Lipinski definition) is 0. The van der Waals surface area contributed by atoms with Crippen LogP contribution in [0.2, 0.25) is 0 Å². The second-order valence-corrected chi connectivity index (χ2v) is 5.35. The highest BCUT2D eigenvalue weighted by atomic mass is 79.9. The van der Waals surface area contributed by atoms with Gasteiger partial charge in [-0.2, -0.15) is 0 Å². The quantitative estimate of drug-likeness (QED) is 0.680. The van der Waals surface area contributed by atoms with Crippen molar-refractivity contribution in [1.29, 1.82) is 0 Å². The van der Waals surface area contributed by atoms with E-state index in [0.717, 1.165) is 16.7 Å². The van der Waals surface area contributed by atoms with E-state index in [-0.39, 0.29) is 16.5 Å². The molecule has 0 fully saturated rings. The van der Waals surface area contributed by atoms with Crippen LogP contribution in [0.4, 0.5) is 8.78 Å². The van der Waals surface area contributed by atoms with E-state index in [1.165, 1.54) is 18.2 Å². The van der Waals surface area contributed by atoms with Crippen LogP contribution < -0.4 is 0 Å². The first-order chi connectivity index (χ1) is 8.47. The standard InChI is InChI=1S/C15H13BrF2/c1-9-5-12(8-13(17)6-9)15(16)11-3-4-14(18)10(2)7-11/h3-8,15H,1-2H3. The van der Waals surface area contributed by atoms with Crippen LogP contribution in [0.1, 0.15) is 27.1 Å². The van der Waals surface area contributed by atoms with Gasteiger partial charge in [0.15, 0.2) is 0 Å². The van der Waals surface area contributed by atoms with Gasteiger partial charge >= 0.3 is 0 Å². The van der Waals surface area contributed by atoms with Crippen LogP contribution in [0, 0.1) is 25.5 Å². The monoisotopic (exact) mass is 310 g/mol. The van der Waals surface area contributed by atoms with Gasteiger partial charge in [-0.3, -0.25) is 0 Å². The van der Waals surface area contributed by atoms with Gasteiger partial charge in [0.2, 0.25) is 0 Å². The fraction of sp³-hybridized carbons (Fsp3) is 0.200. The van der Waals surface area contributed by atoms with Gasteiger partial charge in [-0.1, -0.05) is 34.1 Å². The molecule has 0 saturated carbocycles. The Hall–Kier alpha value is -1.22. The summed E-state index contributed by atoms with van der Waals surface area (Å²) in [6.07, 6.45) is 0. The van der Waals surface area contributed by atoms with Gasteiger partial charge in [0.25, 0.3) is 0 Å². The maximum Gasteiger partial charge on any atom is 0.126 e. The topological polar surface area (TPSA) is 0 Å². The highest BCUT2D eigenvalue weighted by Crippen LogP contribution is 2.32. The molecule has 2 rings (SSSR count). The largest absolute Gasteiger partial charge is 0.207 e. The first-order valence-electron chi connectivity index (χ1n) is 5.64. The van der Waals surface area contributed by atoms with Gasteiger partial charge in [0.05, 0.1) is 4.83 Å². The Morgan fingerprint density at radius 3 is 2.28 bits per heavy atom. The van der Waals surface area contributed by atoms with Crippen molar-refractivity contribution in [2.45, 2.75) is 18.7 Å². The van der Waals surface area contributed by atoms with Crippen LogP contribution in [0.25, 0.3) is 0 Å². The number of hydrogen-bond acceptors (Lipinski definition) is 0. The number of rotatable bonds is 2. The molecule has 2 aromatic rings. The molecule has 18 heavy (non-hydrogen) atoms. The Labute approximate surface area is 114 Å². The Kier molecular flexibility index (Phi) is 3.81. The van der Waals surface area contributed by atoms with Crippen LogP contribution in [-0.2, 0) is 0 Å². The Balaban J connectivity index is 2.40. The van der Waals surface area contributed by atoms with E-state index < -0.39 is 0 Å². The fourth-order valence-electron chi connectivity index (χ4n) is 1.93. The van der Waals surface area contributed by atoms with E-state index >= 15 is 0 Å². The number of benzene rings is 2. The summed E-state index contributed by atoms with van der Waals surface area (Å²) in [5, 5.41) is 0. The van der Waals surface area contributed by atoms with Gasteiger partial charge in [0.1, 0.15) is 11.6 Å². The van der Waals surface area contributed by atoms with Crippen molar-refractivity contribution in [1.82, 2.24) is 0 Å². The van der Waals surface area contributed by atoms with Crippen molar-refractivity contribution >= 4 is 15.9 Å².